The minimum atomic E-state index is -1.08. The molecule has 8 heteroatoms. The largest absolute Gasteiger partial charge is 0.388 e. The fourth-order valence-electron chi connectivity index (χ4n) is 3.21. The van der Waals surface area contributed by atoms with Crippen LogP contribution in [0.4, 0.5) is 0 Å². The predicted molar refractivity (Wildman–Crippen MR) is 110 cm³/mol. The Labute approximate surface area is 182 Å². The first-order chi connectivity index (χ1) is 14.9. The molecule has 0 bridgehead atoms. The molecule has 0 saturated carbocycles. The van der Waals surface area contributed by atoms with E-state index >= 15 is 0 Å². The zero-order chi connectivity index (χ0) is 22.1. The molecule has 8 nitrogen and oxygen atoms in total. The molecule has 1 aliphatic rings. The Hall–Kier alpha value is -1.88. The summed E-state index contributed by atoms with van der Waals surface area (Å²) < 4.78 is 11.5. The minimum absolute atomic E-state index is 0.147. The third-order valence-electron chi connectivity index (χ3n) is 4.70. The average Bonchev–Trinajstić information content (AvgIpc) is 3.11. The molecule has 2 aromatic carbocycles. The molecule has 170 valence electrons. The van der Waals surface area contributed by atoms with Crippen LogP contribution >= 0.6 is 0 Å². The highest BCUT2D eigenvalue weighted by Crippen LogP contribution is 2.32. The van der Waals surface area contributed by atoms with Crippen molar-refractivity contribution < 1.29 is 39.2 Å². The number of hydrogen-bond acceptors (Lipinski definition) is 8. The maximum atomic E-state index is 10.5. The Morgan fingerprint density at radius 2 is 1.10 bits per heavy atom. The van der Waals surface area contributed by atoms with Gasteiger partial charge >= 0.3 is 0 Å². The highest BCUT2D eigenvalue weighted by atomic mass is 17.2. The van der Waals surface area contributed by atoms with Gasteiger partial charge in [-0.05, 0) is 25.0 Å². The Kier molecular flexibility index (Phi) is 8.94. The lowest BCUT2D eigenvalue weighted by molar-refractivity contribution is -0.323. The lowest BCUT2D eigenvalue weighted by Crippen LogP contribution is -2.45. The van der Waals surface area contributed by atoms with Gasteiger partial charge in [0.1, 0.15) is 50.8 Å². The number of aliphatic hydroxyl groups excluding tert-OH is 2. The van der Waals surface area contributed by atoms with Crippen LogP contribution in [-0.2, 0) is 42.2 Å². The van der Waals surface area contributed by atoms with E-state index in [2.05, 4.69) is 0 Å². The maximum Gasteiger partial charge on any atom is 0.164 e. The van der Waals surface area contributed by atoms with Crippen LogP contribution in [0.1, 0.15) is 25.0 Å². The van der Waals surface area contributed by atoms with Gasteiger partial charge < -0.3 is 19.7 Å². The minimum Gasteiger partial charge on any atom is -0.388 e. The van der Waals surface area contributed by atoms with E-state index in [1.165, 1.54) is 0 Å². The van der Waals surface area contributed by atoms with Gasteiger partial charge in [-0.1, -0.05) is 60.7 Å². The van der Waals surface area contributed by atoms with Crippen LogP contribution in [0.2, 0.25) is 0 Å². The van der Waals surface area contributed by atoms with Gasteiger partial charge in [0.05, 0.1) is 0 Å². The standard InChI is InChI=1S/C23H30O8/c1-23(2)30-21(19(24)15-28-26-13-17-9-5-3-6-10-17)22(31-23)20(25)16-29-27-14-18-11-7-4-8-12-18/h3-12,19-22,24-25H,13-16H2,1-2H3/t19-,20-,21-,22-/m1/s1. The molecule has 4 atom stereocenters. The van der Waals surface area contributed by atoms with Crippen LogP contribution in [0, 0.1) is 0 Å². The molecule has 2 N–H and O–H groups in total. The van der Waals surface area contributed by atoms with E-state index in [4.69, 9.17) is 29.0 Å². The Morgan fingerprint density at radius 3 is 1.48 bits per heavy atom. The summed E-state index contributed by atoms with van der Waals surface area (Å²) in [6.45, 7) is 3.62. The first-order valence-corrected chi connectivity index (χ1v) is 10.2. The third-order valence-corrected chi connectivity index (χ3v) is 4.70. The van der Waals surface area contributed by atoms with E-state index < -0.39 is 30.2 Å². The molecular formula is C23H30O8. The summed E-state index contributed by atoms with van der Waals surface area (Å²) >= 11 is 0. The molecule has 2 aromatic rings. The zero-order valence-corrected chi connectivity index (χ0v) is 17.8. The van der Waals surface area contributed by atoms with Gasteiger partial charge in [-0.2, -0.15) is 0 Å². The van der Waals surface area contributed by atoms with Crippen molar-refractivity contribution in [2.45, 2.75) is 57.3 Å². The van der Waals surface area contributed by atoms with Crippen LogP contribution < -0.4 is 0 Å². The monoisotopic (exact) mass is 434 g/mol. The summed E-state index contributed by atoms with van der Waals surface area (Å²) in [6.07, 6.45) is -3.82. The Balaban J connectivity index is 1.42. The van der Waals surface area contributed by atoms with Crippen molar-refractivity contribution in [3.63, 3.8) is 0 Å². The molecule has 1 aliphatic heterocycles. The Morgan fingerprint density at radius 1 is 0.710 bits per heavy atom. The highest BCUT2D eigenvalue weighted by molar-refractivity contribution is 5.13. The molecule has 0 unspecified atom stereocenters. The van der Waals surface area contributed by atoms with Gasteiger partial charge in [0, 0.05) is 0 Å². The van der Waals surface area contributed by atoms with Crippen molar-refractivity contribution in [2.75, 3.05) is 13.2 Å². The average molecular weight is 434 g/mol. The Bertz CT molecular complexity index is 691. The highest BCUT2D eigenvalue weighted by Gasteiger charge is 2.48. The normalized spacial score (nSPS) is 22.3. The van der Waals surface area contributed by atoms with Crippen LogP contribution in [0.5, 0.6) is 0 Å². The lowest BCUT2D eigenvalue weighted by atomic mass is 10.0. The van der Waals surface area contributed by atoms with E-state index in [0.717, 1.165) is 11.1 Å². The summed E-state index contributed by atoms with van der Waals surface area (Å²) in [4.78, 5) is 20.6. The number of benzene rings is 2. The molecular weight excluding hydrogens is 404 g/mol. The third kappa shape index (κ3) is 7.64. The molecule has 3 rings (SSSR count). The van der Waals surface area contributed by atoms with Gasteiger partial charge in [0.2, 0.25) is 0 Å². The molecule has 0 amide bonds. The SMILES string of the molecule is CC1(C)O[C@H]([C@H](O)COOCc2ccccc2)[C@@H]([C@H](O)COOCc2ccccc2)O1. The number of rotatable bonds is 12. The molecule has 0 radical (unpaired) electrons. The first-order valence-electron chi connectivity index (χ1n) is 10.2. The molecule has 31 heavy (non-hydrogen) atoms. The van der Waals surface area contributed by atoms with Crippen LogP contribution in [0.3, 0.4) is 0 Å². The van der Waals surface area contributed by atoms with E-state index in [0.29, 0.717) is 0 Å². The van der Waals surface area contributed by atoms with Gasteiger partial charge in [-0.15, -0.1) is 0 Å². The van der Waals surface area contributed by atoms with Crippen molar-refractivity contribution in [2.24, 2.45) is 0 Å². The maximum absolute atomic E-state index is 10.5. The second kappa shape index (κ2) is 11.7. The first kappa shape index (κ1) is 23.8. The van der Waals surface area contributed by atoms with Gasteiger partial charge in [0.15, 0.2) is 5.79 Å². The van der Waals surface area contributed by atoms with Crippen molar-refractivity contribution in [1.82, 2.24) is 0 Å². The molecule has 0 spiro atoms. The zero-order valence-electron chi connectivity index (χ0n) is 17.8. The predicted octanol–water partition coefficient (Wildman–Crippen LogP) is 2.53. The summed E-state index contributed by atoms with van der Waals surface area (Å²) in [6, 6.07) is 19.0. The number of ether oxygens (including phenoxy) is 2. The molecule has 1 heterocycles. The van der Waals surface area contributed by atoms with E-state index in [1.807, 2.05) is 60.7 Å². The van der Waals surface area contributed by atoms with Crippen LogP contribution in [0.15, 0.2) is 60.7 Å². The van der Waals surface area contributed by atoms with Crippen LogP contribution in [-0.4, -0.2) is 53.6 Å². The lowest BCUT2D eigenvalue weighted by Gasteiger charge is -2.25. The fraction of sp³-hybridized carbons (Fsp3) is 0.478. The van der Waals surface area contributed by atoms with E-state index in [1.54, 1.807) is 13.8 Å². The summed E-state index contributed by atoms with van der Waals surface area (Å²) in [5, 5.41) is 21.0. The topological polar surface area (TPSA) is 95.8 Å². The second-order valence-electron chi connectivity index (χ2n) is 7.76. The van der Waals surface area contributed by atoms with E-state index in [-0.39, 0.29) is 26.4 Å². The second-order valence-corrected chi connectivity index (χ2v) is 7.76. The van der Waals surface area contributed by atoms with Crippen molar-refractivity contribution in [3.05, 3.63) is 71.8 Å². The summed E-state index contributed by atoms with van der Waals surface area (Å²) in [7, 11) is 0. The van der Waals surface area contributed by atoms with Gasteiger partial charge in [-0.3, -0.25) is 0 Å². The summed E-state index contributed by atoms with van der Waals surface area (Å²) in [5.41, 5.74) is 1.89. The smallest absolute Gasteiger partial charge is 0.164 e. The number of aliphatic hydroxyl groups is 2. The van der Waals surface area contributed by atoms with E-state index in [9.17, 15) is 10.2 Å². The fourth-order valence-corrected chi connectivity index (χ4v) is 3.21. The number of hydrogen-bond donors (Lipinski definition) is 2. The van der Waals surface area contributed by atoms with Crippen molar-refractivity contribution >= 4 is 0 Å². The molecule has 1 saturated heterocycles. The van der Waals surface area contributed by atoms with Crippen molar-refractivity contribution in [3.8, 4) is 0 Å². The van der Waals surface area contributed by atoms with Gasteiger partial charge in [-0.25, -0.2) is 19.6 Å². The quantitative estimate of drug-likeness (QED) is 0.299. The van der Waals surface area contributed by atoms with Crippen molar-refractivity contribution in [1.29, 1.82) is 0 Å². The molecule has 0 aliphatic carbocycles. The molecule has 0 aromatic heterocycles. The van der Waals surface area contributed by atoms with Crippen LogP contribution in [0.25, 0.3) is 0 Å². The van der Waals surface area contributed by atoms with Gasteiger partial charge in [0.25, 0.3) is 0 Å². The summed E-state index contributed by atoms with van der Waals surface area (Å²) in [5.74, 6) is -0.979. The molecule has 1 fully saturated rings.